The lowest BCUT2D eigenvalue weighted by atomic mass is 9.84. The zero-order valence-electron chi connectivity index (χ0n) is 43.6. The molecule has 4 aromatic carbocycles. The standard InChI is InChI=1S/C60H68N8O8/c1-33(31-69)53(65-59(73)75-3)57(71)67-49-11-7-5-9-41(49)29-51(67)55-61-45-23-21-39(27-47(45)63-55)43-25-35-13-17-37(43)19-15-36-14-18-38(20-16-35)44(26-36)40-22-24-46-48(28-40)64-56(62-46)52-30-42-10-6-8-12-50(42)68(52)58(72)54(34(2)32-70)66-60(74)76-4/h13-28,33-34,41-42,49-54,69-70H,5-12,29-32H2,1-4H3,(H,61,63)(H,62,64)(H,65,73)(H,66,74)/b19-15-,20-16-,35-16?,36-15?,37-19?,38-20?/t33-,34-,41-,42-,49-,50-,51-,52-,53-,54-/m0/s1. The van der Waals surface area contributed by atoms with Gasteiger partial charge in [-0.15, -0.1) is 0 Å². The monoisotopic (exact) mass is 1030 g/mol. The number of nitrogens with zero attached hydrogens (tertiary/aromatic N) is 4. The number of alkyl carbamates (subject to hydrolysis) is 2. The normalized spacial score (nSPS) is 24.2. The number of ether oxygens (including phenoxy) is 2. The van der Waals surface area contributed by atoms with Gasteiger partial charge in [0.25, 0.3) is 0 Å². The van der Waals surface area contributed by atoms with E-state index in [1.807, 2.05) is 9.80 Å². The van der Waals surface area contributed by atoms with Gasteiger partial charge in [0, 0.05) is 37.1 Å². The molecule has 16 heteroatoms. The summed E-state index contributed by atoms with van der Waals surface area (Å²) in [5.74, 6) is 0.555. The van der Waals surface area contributed by atoms with E-state index in [0.29, 0.717) is 23.5 Å². The van der Waals surface area contributed by atoms with Crippen LogP contribution >= 0.6 is 0 Å². The number of imidazole rings is 2. The zero-order valence-corrected chi connectivity index (χ0v) is 43.6. The molecule has 8 aliphatic rings. The largest absolute Gasteiger partial charge is 0.453 e. The Morgan fingerprint density at radius 1 is 0.592 bits per heavy atom. The Balaban J connectivity index is 0.873. The number of aliphatic hydroxyl groups excluding tert-OH is 2. The second-order valence-corrected chi connectivity index (χ2v) is 21.8. The highest BCUT2D eigenvalue weighted by molar-refractivity contribution is 5.93. The van der Waals surface area contributed by atoms with Crippen molar-refractivity contribution >= 4 is 70.4 Å². The molecular formula is C60H68N8O8. The number of likely N-dealkylation sites (tertiary alicyclic amines) is 2. The van der Waals surface area contributed by atoms with E-state index in [1.54, 1.807) is 13.8 Å². The Labute approximate surface area is 442 Å². The maximum Gasteiger partial charge on any atom is 0.407 e. The maximum atomic E-state index is 14.5. The average Bonchev–Trinajstić information content (AvgIpc) is 4.30. The van der Waals surface area contributed by atoms with Crippen molar-refractivity contribution < 1.29 is 38.9 Å². The predicted octanol–water partition coefficient (Wildman–Crippen LogP) is 9.80. The molecule has 0 spiro atoms. The van der Waals surface area contributed by atoms with Gasteiger partial charge in [-0.1, -0.05) is 100 Å². The Hall–Kier alpha value is -7.30. The van der Waals surface area contributed by atoms with Gasteiger partial charge in [-0.3, -0.25) is 9.59 Å². The van der Waals surface area contributed by atoms with E-state index in [0.717, 1.165) is 131 Å². The Kier molecular flexibility index (Phi) is 14.3. The van der Waals surface area contributed by atoms with Gasteiger partial charge in [0.1, 0.15) is 23.7 Å². The molecule has 6 N–H and O–H groups in total. The van der Waals surface area contributed by atoms with Crippen molar-refractivity contribution in [2.24, 2.45) is 23.7 Å². The number of methoxy groups -OCH3 is 2. The fraction of sp³-hybridized carbons (Fsp3) is 0.433. The molecule has 14 rings (SSSR count). The number of nitrogens with one attached hydrogen (secondary N) is 4. The third-order valence-electron chi connectivity index (χ3n) is 17.2. The minimum Gasteiger partial charge on any atom is -0.453 e. The SMILES string of the molecule is COC(=O)N[C@H](C(=O)N1[C@H](c2nc3cc(-c4cc5ccc4/C=C\c4ccc(c(-c6ccc7[nH]c([C@@H]8C[C@@H]9CCCC[C@@H]9N8C(=O)[C@@H](NC(=O)OC)[C@@H](C)CO)nc7c6)c4)/C=C\5)ccc3[nH]2)C[C@@H]2CCCC[C@@H]21)[C@@H](C)CO. The smallest absolute Gasteiger partial charge is 0.407 e. The van der Waals surface area contributed by atoms with E-state index in [-0.39, 0.29) is 49.2 Å². The van der Waals surface area contributed by atoms with Crippen molar-refractivity contribution in [3.63, 3.8) is 0 Å². The van der Waals surface area contributed by atoms with Gasteiger partial charge in [0.05, 0.1) is 48.4 Å². The van der Waals surface area contributed by atoms with Crippen LogP contribution in [0, 0.1) is 23.7 Å². The van der Waals surface area contributed by atoms with Crippen molar-refractivity contribution in [3.8, 4) is 22.3 Å². The number of benzene rings is 4. The van der Waals surface area contributed by atoms with E-state index in [1.165, 1.54) is 14.2 Å². The van der Waals surface area contributed by atoms with Gasteiger partial charge >= 0.3 is 12.2 Å². The summed E-state index contributed by atoms with van der Waals surface area (Å²) in [6.45, 7) is 2.98. The lowest BCUT2D eigenvalue weighted by Gasteiger charge is -2.37. The molecule has 76 heavy (non-hydrogen) atoms. The average molecular weight is 1030 g/mol. The van der Waals surface area contributed by atoms with Gasteiger partial charge in [0.2, 0.25) is 11.8 Å². The molecule has 6 aromatic rings. The van der Waals surface area contributed by atoms with E-state index < -0.39 is 36.1 Å². The van der Waals surface area contributed by atoms with Crippen LogP contribution in [0.1, 0.15) is 124 Å². The van der Waals surface area contributed by atoms with Crippen LogP contribution in [0.15, 0.2) is 72.8 Å². The number of hydrogen-bond donors (Lipinski definition) is 6. The molecule has 2 saturated carbocycles. The second kappa shape index (κ2) is 21.4. The minimum absolute atomic E-state index is 0.0139. The van der Waals surface area contributed by atoms with E-state index in [2.05, 4.69) is 118 Å². The first-order chi connectivity index (χ1) is 36.9. The lowest BCUT2D eigenvalue weighted by Crippen LogP contribution is -2.54. The van der Waals surface area contributed by atoms with Crippen molar-refractivity contribution in [3.05, 3.63) is 107 Å². The molecule has 6 aliphatic carbocycles. The lowest BCUT2D eigenvalue weighted by molar-refractivity contribution is -0.139. The second-order valence-electron chi connectivity index (χ2n) is 21.8. The number of carbonyl (C=O) groups is 4. The van der Waals surface area contributed by atoms with Crippen LogP contribution in [0.25, 0.3) is 68.6 Å². The Morgan fingerprint density at radius 3 is 1.42 bits per heavy atom. The van der Waals surface area contributed by atoms with Crippen molar-refractivity contribution in [2.45, 2.75) is 114 Å². The van der Waals surface area contributed by atoms with E-state index in [4.69, 9.17) is 19.4 Å². The topological polar surface area (TPSA) is 215 Å². The first-order valence-corrected chi connectivity index (χ1v) is 27.1. The summed E-state index contributed by atoms with van der Waals surface area (Å²) < 4.78 is 9.78. The molecule has 0 unspecified atom stereocenters. The summed E-state index contributed by atoms with van der Waals surface area (Å²) in [5.41, 5.74) is 11.6. The van der Waals surface area contributed by atoms with Crippen LogP contribution in [0.5, 0.6) is 0 Å². The summed E-state index contributed by atoms with van der Waals surface area (Å²) in [4.78, 5) is 75.4. The summed E-state index contributed by atoms with van der Waals surface area (Å²) >= 11 is 0. The molecule has 4 fully saturated rings. The number of aromatic amines is 2. The van der Waals surface area contributed by atoms with Crippen molar-refractivity contribution in [2.75, 3.05) is 27.4 Å². The van der Waals surface area contributed by atoms with E-state index >= 15 is 0 Å². The summed E-state index contributed by atoms with van der Waals surface area (Å²) in [6.07, 6.45) is 16.8. The van der Waals surface area contributed by atoms with Crippen molar-refractivity contribution in [1.29, 1.82) is 0 Å². The molecule has 2 aliphatic heterocycles. The summed E-state index contributed by atoms with van der Waals surface area (Å²) in [7, 11) is 2.54. The summed E-state index contributed by atoms with van der Waals surface area (Å²) in [6, 6.07) is 23.0. The van der Waals surface area contributed by atoms with Gasteiger partial charge in [0.15, 0.2) is 0 Å². The molecular weight excluding hydrogens is 961 g/mol. The first kappa shape index (κ1) is 50.8. The molecule has 16 nitrogen and oxygen atoms in total. The fourth-order valence-electron chi connectivity index (χ4n) is 13.1. The third-order valence-corrected chi connectivity index (χ3v) is 17.2. The molecule has 396 valence electrons. The molecule has 4 amide bonds. The van der Waals surface area contributed by atoms with Gasteiger partial charge in [-0.25, -0.2) is 19.6 Å². The molecule has 2 aromatic heterocycles. The zero-order chi connectivity index (χ0) is 52.8. The fourth-order valence-corrected chi connectivity index (χ4v) is 13.1. The molecule has 4 heterocycles. The Bertz CT molecular complexity index is 3040. The molecule has 0 radical (unpaired) electrons. The molecule has 2 saturated heterocycles. The highest BCUT2D eigenvalue weighted by atomic mass is 16.5. The molecule has 4 bridgehead atoms. The predicted molar refractivity (Wildman–Crippen MR) is 292 cm³/mol. The maximum absolute atomic E-state index is 14.5. The number of amides is 4. The number of aromatic nitrogens is 4. The van der Waals surface area contributed by atoms with Gasteiger partial charge in [-0.2, -0.15) is 0 Å². The van der Waals surface area contributed by atoms with Crippen LogP contribution in [-0.4, -0.2) is 116 Å². The number of carbonyl (C=O) groups excluding carboxylic acids is 4. The highest BCUT2D eigenvalue weighted by Crippen LogP contribution is 2.48. The minimum atomic E-state index is -0.948. The highest BCUT2D eigenvalue weighted by Gasteiger charge is 2.50. The third kappa shape index (κ3) is 9.65. The Morgan fingerprint density at radius 2 is 1.01 bits per heavy atom. The first-order valence-electron chi connectivity index (χ1n) is 27.1. The molecule has 10 atom stereocenters. The van der Waals surface area contributed by atoms with Gasteiger partial charge in [-0.05, 0) is 131 Å². The van der Waals surface area contributed by atoms with Crippen LogP contribution in [0.2, 0.25) is 0 Å². The number of hydrogen-bond acceptors (Lipinski definition) is 10. The number of fused-ring (bicyclic) bond motifs is 4. The quantitative estimate of drug-likeness (QED) is 0.0681. The number of aliphatic hydroxyl groups is 2. The van der Waals surface area contributed by atoms with Crippen LogP contribution in [0.3, 0.4) is 0 Å². The number of rotatable bonds is 12. The van der Waals surface area contributed by atoms with Crippen LogP contribution in [0.4, 0.5) is 9.59 Å². The van der Waals surface area contributed by atoms with Gasteiger partial charge < -0.3 is 50.1 Å². The van der Waals surface area contributed by atoms with Crippen LogP contribution < -0.4 is 10.6 Å². The van der Waals surface area contributed by atoms with Crippen molar-refractivity contribution in [1.82, 2.24) is 40.4 Å². The number of H-pyrrole nitrogens is 2. The van der Waals surface area contributed by atoms with Crippen LogP contribution in [-0.2, 0) is 19.1 Å². The summed E-state index contributed by atoms with van der Waals surface area (Å²) in [5, 5.41) is 25.7. The van der Waals surface area contributed by atoms with E-state index in [9.17, 15) is 29.4 Å².